The molecule has 2 N–H and O–H groups in total. The fourth-order valence-electron chi connectivity index (χ4n) is 3.89. The first-order valence-electron chi connectivity index (χ1n) is 10.9. The van der Waals surface area contributed by atoms with Gasteiger partial charge in [0.25, 0.3) is 5.91 Å². The van der Waals surface area contributed by atoms with E-state index in [1.54, 1.807) is 6.07 Å². The zero-order valence-electron chi connectivity index (χ0n) is 18.8. The van der Waals surface area contributed by atoms with Gasteiger partial charge in [0.1, 0.15) is 22.9 Å². The van der Waals surface area contributed by atoms with Crippen LogP contribution in [-0.4, -0.2) is 33.2 Å². The van der Waals surface area contributed by atoms with E-state index in [0.717, 1.165) is 19.3 Å². The van der Waals surface area contributed by atoms with E-state index in [0.29, 0.717) is 22.3 Å². The van der Waals surface area contributed by atoms with Gasteiger partial charge in [-0.3, -0.25) is 9.52 Å². The molecular formula is C24H27FN2O5S. The van der Waals surface area contributed by atoms with Crippen molar-refractivity contribution in [1.29, 1.82) is 0 Å². The van der Waals surface area contributed by atoms with E-state index >= 15 is 0 Å². The van der Waals surface area contributed by atoms with Crippen molar-refractivity contribution in [3.05, 3.63) is 47.8 Å². The van der Waals surface area contributed by atoms with Gasteiger partial charge in [-0.15, -0.1) is 0 Å². The second-order valence-corrected chi connectivity index (χ2v) is 10.4. The van der Waals surface area contributed by atoms with Crippen molar-refractivity contribution in [2.45, 2.75) is 39.2 Å². The molecule has 1 aliphatic carbocycles. The molecule has 1 fully saturated rings. The highest BCUT2D eigenvalue weighted by Gasteiger charge is 2.27. The zero-order chi connectivity index (χ0) is 23.8. The molecule has 33 heavy (non-hydrogen) atoms. The van der Waals surface area contributed by atoms with Gasteiger partial charge in [0.2, 0.25) is 10.0 Å². The Balaban J connectivity index is 1.85. The molecule has 0 aliphatic heterocycles. The number of halogens is 1. The van der Waals surface area contributed by atoms with Gasteiger partial charge in [0, 0.05) is 24.1 Å². The van der Waals surface area contributed by atoms with Gasteiger partial charge in [-0.2, -0.15) is 0 Å². The summed E-state index contributed by atoms with van der Waals surface area (Å²) in [4.78, 5) is 12.8. The Morgan fingerprint density at radius 3 is 2.48 bits per heavy atom. The number of benzene rings is 2. The van der Waals surface area contributed by atoms with E-state index in [-0.39, 0.29) is 40.7 Å². The topological polar surface area (TPSA) is 97.6 Å². The Labute approximate surface area is 192 Å². The highest BCUT2D eigenvalue weighted by atomic mass is 32.2. The molecule has 0 saturated heterocycles. The number of nitrogens with one attached hydrogen (secondary N) is 2. The number of hydrogen-bond acceptors (Lipinski definition) is 5. The Morgan fingerprint density at radius 1 is 1.21 bits per heavy atom. The lowest BCUT2D eigenvalue weighted by molar-refractivity contribution is 0.0964. The third kappa shape index (κ3) is 4.98. The molecule has 0 atom stereocenters. The van der Waals surface area contributed by atoms with Crippen LogP contribution in [0.2, 0.25) is 0 Å². The van der Waals surface area contributed by atoms with Crippen molar-refractivity contribution in [2.24, 2.45) is 5.92 Å². The summed E-state index contributed by atoms with van der Waals surface area (Å²) in [5, 5.41) is 3.07. The van der Waals surface area contributed by atoms with Gasteiger partial charge >= 0.3 is 0 Å². The van der Waals surface area contributed by atoms with E-state index in [2.05, 4.69) is 10.0 Å². The molecule has 1 heterocycles. The molecule has 4 rings (SSSR count). The van der Waals surface area contributed by atoms with Gasteiger partial charge in [0.15, 0.2) is 0 Å². The van der Waals surface area contributed by atoms with Crippen molar-refractivity contribution < 1.29 is 26.8 Å². The number of fused-ring (bicyclic) bond motifs is 1. The van der Waals surface area contributed by atoms with Crippen molar-refractivity contribution >= 4 is 32.6 Å². The number of hydrogen-bond donors (Lipinski definition) is 2. The molecule has 0 unspecified atom stereocenters. The summed E-state index contributed by atoms with van der Waals surface area (Å²) in [6.45, 7) is 3.66. The maximum atomic E-state index is 13.4. The molecule has 1 saturated carbocycles. The predicted octanol–water partition coefficient (Wildman–Crippen LogP) is 4.93. The molecule has 0 spiro atoms. The lowest BCUT2D eigenvalue weighted by Gasteiger charge is -2.25. The van der Waals surface area contributed by atoms with E-state index in [4.69, 9.17) is 9.15 Å². The third-order valence-electron chi connectivity index (χ3n) is 5.66. The zero-order valence-corrected chi connectivity index (χ0v) is 19.6. The SMILES string of the molecule is CNC(=O)c1c(-c2ccc(F)cc2)oc2cc(NS(=O)(=O)CC3CCC3)c(OC(C)C)cc12. The minimum absolute atomic E-state index is 0.0502. The number of carbonyl (C=O) groups excluding carboxylic acids is 1. The molecule has 7 nitrogen and oxygen atoms in total. The average molecular weight is 475 g/mol. The molecule has 9 heteroatoms. The average Bonchev–Trinajstić information content (AvgIpc) is 3.08. The Bertz CT molecular complexity index is 1280. The summed E-state index contributed by atoms with van der Waals surface area (Å²) in [6, 6.07) is 8.75. The van der Waals surface area contributed by atoms with Crippen LogP contribution in [0, 0.1) is 11.7 Å². The van der Waals surface area contributed by atoms with Crippen LogP contribution in [0.4, 0.5) is 10.1 Å². The van der Waals surface area contributed by atoms with Gasteiger partial charge in [0.05, 0.1) is 23.1 Å². The smallest absolute Gasteiger partial charge is 0.255 e. The molecule has 176 valence electrons. The van der Waals surface area contributed by atoms with Crippen LogP contribution in [0.3, 0.4) is 0 Å². The second-order valence-electron chi connectivity index (χ2n) is 8.58. The van der Waals surface area contributed by atoms with Crippen molar-refractivity contribution in [2.75, 3.05) is 17.5 Å². The van der Waals surface area contributed by atoms with E-state index < -0.39 is 15.8 Å². The number of carbonyl (C=O) groups is 1. The van der Waals surface area contributed by atoms with Crippen LogP contribution in [0.1, 0.15) is 43.5 Å². The van der Waals surface area contributed by atoms with E-state index in [1.807, 2.05) is 13.8 Å². The van der Waals surface area contributed by atoms with E-state index in [1.165, 1.54) is 37.4 Å². The van der Waals surface area contributed by atoms with Crippen LogP contribution < -0.4 is 14.8 Å². The van der Waals surface area contributed by atoms with Crippen LogP contribution >= 0.6 is 0 Å². The van der Waals surface area contributed by atoms with Crippen LogP contribution in [0.15, 0.2) is 40.8 Å². The highest BCUT2D eigenvalue weighted by Crippen LogP contribution is 2.40. The summed E-state index contributed by atoms with van der Waals surface area (Å²) in [6.07, 6.45) is 2.63. The third-order valence-corrected chi connectivity index (χ3v) is 7.10. The molecule has 3 aromatic rings. The van der Waals surface area contributed by atoms with Gasteiger partial charge in [-0.25, -0.2) is 12.8 Å². The molecule has 2 aromatic carbocycles. The highest BCUT2D eigenvalue weighted by molar-refractivity contribution is 7.92. The van der Waals surface area contributed by atoms with Gasteiger partial charge in [-0.1, -0.05) is 6.42 Å². The summed E-state index contributed by atoms with van der Waals surface area (Å²) < 4.78 is 53.5. The fourth-order valence-corrected chi connectivity index (χ4v) is 5.42. The monoisotopic (exact) mass is 474 g/mol. The maximum absolute atomic E-state index is 13.4. The van der Waals surface area contributed by atoms with Gasteiger partial charge < -0.3 is 14.5 Å². The maximum Gasteiger partial charge on any atom is 0.255 e. The number of furan rings is 1. The van der Waals surface area contributed by atoms with Crippen molar-refractivity contribution in [3.63, 3.8) is 0 Å². The molecule has 1 aromatic heterocycles. The van der Waals surface area contributed by atoms with Gasteiger partial charge in [-0.05, 0) is 62.9 Å². The summed E-state index contributed by atoms with van der Waals surface area (Å²) >= 11 is 0. The summed E-state index contributed by atoms with van der Waals surface area (Å²) in [5.41, 5.74) is 1.34. The minimum Gasteiger partial charge on any atom is -0.489 e. The lowest BCUT2D eigenvalue weighted by atomic mass is 9.87. The fraction of sp³-hybridized carbons (Fsp3) is 0.375. The minimum atomic E-state index is -3.60. The lowest BCUT2D eigenvalue weighted by Crippen LogP contribution is -2.27. The Kier molecular flexibility index (Phi) is 6.34. The number of amides is 1. The molecular weight excluding hydrogens is 447 g/mol. The van der Waals surface area contributed by atoms with Crippen molar-refractivity contribution in [3.8, 4) is 17.1 Å². The first kappa shape index (κ1) is 23.1. The summed E-state index contributed by atoms with van der Waals surface area (Å²) in [5.74, 6) is -0.0295. The predicted molar refractivity (Wildman–Crippen MR) is 126 cm³/mol. The number of ether oxygens (including phenoxy) is 1. The summed E-state index contributed by atoms with van der Waals surface area (Å²) in [7, 11) is -2.09. The largest absolute Gasteiger partial charge is 0.489 e. The molecule has 0 radical (unpaired) electrons. The standard InChI is InChI=1S/C24H27FN2O5S/c1-14(2)31-21-11-18-20(12-19(21)27-33(29,30)13-15-5-4-6-15)32-23(22(18)24(28)26-3)16-7-9-17(25)10-8-16/h7-12,14-15,27H,4-6,13H2,1-3H3,(H,26,28). The number of sulfonamides is 1. The first-order chi connectivity index (χ1) is 15.7. The molecule has 1 aliphatic rings. The van der Waals surface area contributed by atoms with E-state index in [9.17, 15) is 17.6 Å². The first-order valence-corrected chi connectivity index (χ1v) is 12.6. The molecule has 0 bridgehead atoms. The Morgan fingerprint density at radius 2 is 1.91 bits per heavy atom. The normalized spacial score (nSPS) is 14.3. The van der Waals surface area contributed by atoms with Crippen molar-refractivity contribution in [1.82, 2.24) is 5.32 Å². The quantitative estimate of drug-likeness (QED) is 0.483. The van der Waals surface area contributed by atoms with Crippen LogP contribution in [0.5, 0.6) is 5.75 Å². The van der Waals surface area contributed by atoms with Crippen LogP contribution in [0.25, 0.3) is 22.3 Å². The molecule has 1 amide bonds. The number of rotatable bonds is 8. The van der Waals surface area contributed by atoms with Crippen LogP contribution in [-0.2, 0) is 10.0 Å². The Hall–Kier alpha value is -3.07. The number of anilines is 1. The second kappa shape index (κ2) is 9.05.